The van der Waals surface area contributed by atoms with Gasteiger partial charge in [0.05, 0.1) is 5.69 Å². The maximum atomic E-state index is 5.58. The van der Waals surface area contributed by atoms with Crippen molar-refractivity contribution in [1.82, 2.24) is 19.7 Å². The van der Waals surface area contributed by atoms with Crippen molar-refractivity contribution in [2.24, 2.45) is 7.05 Å². The maximum absolute atomic E-state index is 5.58. The van der Waals surface area contributed by atoms with E-state index in [9.17, 15) is 0 Å². The average Bonchev–Trinajstić information content (AvgIpc) is 2.67. The zero-order valence-corrected chi connectivity index (χ0v) is 10.0. The third-order valence-electron chi connectivity index (χ3n) is 2.47. The van der Waals surface area contributed by atoms with E-state index in [4.69, 9.17) is 5.73 Å². The number of nitrogens with zero attached hydrogens (tertiary/aromatic N) is 4. The lowest BCUT2D eigenvalue weighted by molar-refractivity contribution is 0.746. The van der Waals surface area contributed by atoms with E-state index in [0.29, 0.717) is 12.4 Å². The molecule has 0 aliphatic rings. The van der Waals surface area contributed by atoms with Gasteiger partial charge >= 0.3 is 0 Å². The number of aryl methyl sites for hydroxylation is 2. The van der Waals surface area contributed by atoms with Crippen molar-refractivity contribution in [3.05, 3.63) is 29.8 Å². The molecule has 17 heavy (non-hydrogen) atoms. The Hall–Kier alpha value is -2.11. The van der Waals surface area contributed by atoms with Gasteiger partial charge in [-0.3, -0.25) is 4.68 Å². The first-order valence-electron chi connectivity index (χ1n) is 5.52. The van der Waals surface area contributed by atoms with Gasteiger partial charge in [-0.25, -0.2) is 9.97 Å². The quantitative estimate of drug-likeness (QED) is 0.820. The van der Waals surface area contributed by atoms with Crippen LogP contribution in [0.25, 0.3) is 0 Å². The minimum absolute atomic E-state index is 0.462. The second-order valence-corrected chi connectivity index (χ2v) is 3.81. The smallest absolute Gasteiger partial charge is 0.131 e. The molecule has 0 amide bonds. The Kier molecular flexibility index (Phi) is 3.22. The summed E-state index contributed by atoms with van der Waals surface area (Å²) in [6.45, 7) is 2.78. The number of hydrogen-bond donors (Lipinski definition) is 2. The molecule has 3 N–H and O–H groups in total. The summed E-state index contributed by atoms with van der Waals surface area (Å²) >= 11 is 0. The Morgan fingerprint density at radius 2 is 2.24 bits per heavy atom. The number of anilines is 2. The Labute approximate surface area is 99.9 Å². The molecule has 0 unspecified atom stereocenters. The highest BCUT2D eigenvalue weighted by atomic mass is 15.3. The minimum atomic E-state index is 0.462. The Morgan fingerprint density at radius 3 is 2.94 bits per heavy atom. The van der Waals surface area contributed by atoms with Crippen LogP contribution < -0.4 is 11.1 Å². The Morgan fingerprint density at radius 1 is 1.41 bits per heavy atom. The Bertz CT molecular complexity index is 504. The van der Waals surface area contributed by atoms with E-state index in [-0.39, 0.29) is 0 Å². The molecular weight excluding hydrogens is 216 g/mol. The van der Waals surface area contributed by atoms with Crippen LogP contribution in [0.15, 0.2) is 18.6 Å². The summed E-state index contributed by atoms with van der Waals surface area (Å²) in [7, 11) is 1.92. The van der Waals surface area contributed by atoms with Crippen LogP contribution in [-0.4, -0.2) is 19.7 Å². The fourth-order valence-electron chi connectivity index (χ4n) is 1.68. The van der Waals surface area contributed by atoms with E-state index < -0.39 is 0 Å². The number of nitrogen functional groups attached to an aromatic ring is 1. The molecule has 0 fully saturated rings. The maximum Gasteiger partial charge on any atom is 0.131 e. The Balaban J connectivity index is 2.06. The first-order chi connectivity index (χ1) is 8.19. The zero-order chi connectivity index (χ0) is 12.3. The van der Waals surface area contributed by atoms with Gasteiger partial charge in [0.1, 0.15) is 18.0 Å². The van der Waals surface area contributed by atoms with E-state index in [1.807, 2.05) is 17.9 Å². The van der Waals surface area contributed by atoms with E-state index in [2.05, 4.69) is 27.3 Å². The fraction of sp³-hybridized carbons (Fsp3) is 0.364. The summed E-state index contributed by atoms with van der Waals surface area (Å²) in [5, 5.41) is 7.58. The number of hydrogen-bond acceptors (Lipinski definition) is 5. The summed E-state index contributed by atoms with van der Waals surface area (Å²) in [5.41, 5.74) is 7.85. The van der Waals surface area contributed by atoms with Crippen molar-refractivity contribution < 1.29 is 0 Å². The van der Waals surface area contributed by atoms with Crippen LogP contribution in [0.5, 0.6) is 0 Å². The molecule has 0 radical (unpaired) electrons. The van der Waals surface area contributed by atoms with Crippen molar-refractivity contribution in [2.75, 3.05) is 11.1 Å². The molecule has 0 spiro atoms. The summed E-state index contributed by atoms with van der Waals surface area (Å²) < 4.78 is 1.82. The van der Waals surface area contributed by atoms with E-state index >= 15 is 0 Å². The molecule has 2 aromatic rings. The minimum Gasteiger partial charge on any atom is -0.384 e. The van der Waals surface area contributed by atoms with Gasteiger partial charge in [-0.1, -0.05) is 6.92 Å². The van der Waals surface area contributed by atoms with Gasteiger partial charge in [-0.2, -0.15) is 5.10 Å². The van der Waals surface area contributed by atoms with Crippen molar-refractivity contribution in [3.63, 3.8) is 0 Å². The lowest BCUT2D eigenvalue weighted by atomic mass is 10.2. The molecule has 0 saturated carbocycles. The molecule has 90 valence electrons. The normalized spacial score (nSPS) is 10.5. The van der Waals surface area contributed by atoms with Gasteiger partial charge in [-0.05, 0) is 6.42 Å². The highest BCUT2D eigenvalue weighted by molar-refractivity contribution is 5.43. The van der Waals surface area contributed by atoms with Crippen LogP contribution in [0.3, 0.4) is 0 Å². The number of aromatic nitrogens is 4. The molecule has 0 bridgehead atoms. The monoisotopic (exact) mass is 232 g/mol. The van der Waals surface area contributed by atoms with Gasteiger partial charge in [0, 0.05) is 31.4 Å². The molecule has 2 heterocycles. The zero-order valence-electron chi connectivity index (χ0n) is 10.0. The molecular formula is C11H16N6. The van der Waals surface area contributed by atoms with E-state index in [1.165, 1.54) is 11.9 Å². The van der Waals surface area contributed by atoms with Crippen molar-refractivity contribution in [3.8, 4) is 0 Å². The molecule has 0 saturated heterocycles. The van der Waals surface area contributed by atoms with Crippen LogP contribution in [0, 0.1) is 0 Å². The van der Waals surface area contributed by atoms with Crippen molar-refractivity contribution in [1.29, 1.82) is 0 Å². The third kappa shape index (κ3) is 2.72. The predicted octanol–water partition coefficient (Wildman–Crippen LogP) is 0.967. The third-order valence-corrected chi connectivity index (χ3v) is 2.47. The van der Waals surface area contributed by atoms with Crippen LogP contribution >= 0.6 is 0 Å². The molecule has 6 heteroatoms. The second kappa shape index (κ2) is 4.82. The van der Waals surface area contributed by atoms with Crippen molar-refractivity contribution in [2.45, 2.75) is 19.9 Å². The number of rotatable bonds is 4. The number of nitrogens with two attached hydrogens (primary N) is 1. The largest absolute Gasteiger partial charge is 0.384 e. The van der Waals surface area contributed by atoms with Crippen LogP contribution in [0.1, 0.15) is 18.2 Å². The van der Waals surface area contributed by atoms with Gasteiger partial charge < -0.3 is 11.1 Å². The highest BCUT2D eigenvalue weighted by Gasteiger charge is 2.05. The standard InChI is InChI=1S/C11H16N6/c1-3-9-8(6-17(2)16-9)5-13-11-4-10(12)14-7-15-11/h4,6-7H,3,5H2,1-2H3,(H3,12,13,14,15). The molecule has 0 aliphatic carbocycles. The molecule has 6 nitrogen and oxygen atoms in total. The summed E-state index contributed by atoms with van der Waals surface area (Å²) in [5.74, 6) is 1.19. The first-order valence-corrected chi connectivity index (χ1v) is 5.52. The average molecular weight is 232 g/mol. The van der Waals surface area contributed by atoms with Crippen molar-refractivity contribution >= 4 is 11.6 Å². The lowest BCUT2D eigenvalue weighted by Gasteiger charge is -2.04. The van der Waals surface area contributed by atoms with Crippen LogP contribution in [0.2, 0.25) is 0 Å². The van der Waals surface area contributed by atoms with E-state index in [0.717, 1.165) is 17.9 Å². The predicted molar refractivity (Wildman–Crippen MR) is 66.4 cm³/mol. The van der Waals surface area contributed by atoms with E-state index in [1.54, 1.807) is 6.07 Å². The SMILES string of the molecule is CCc1nn(C)cc1CNc1cc(N)ncn1. The molecule has 2 aromatic heterocycles. The molecule has 0 atom stereocenters. The summed E-state index contributed by atoms with van der Waals surface area (Å²) in [6.07, 6.45) is 4.38. The molecule has 2 rings (SSSR count). The first kappa shape index (κ1) is 11.4. The van der Waals surface area contributed by atoms with Crippen LogP contribution in [-0.2, 0) is 20.0 Å². The van der Waals surface area contributed by atoms with Gasteiger partial charge in [0.2, 0.25) is 0 Å². The highest BCUT2D eigenvalue weighted by Crippen LogP contribution is 2.11. The fourth-order valence-corrected chi connectivity index (χ4v) is 1.68. The molecule has 0 aliphatic heterocycles. The second-order valence-electron chi connectivity index (χ2n) is 3.81. The number of nitrogens with one attached hydrogen (secondary N) is 1. The summed E-state index contributed by atoms with van der Waals surface area (Å²) in [6, 6.07) is 1.71. The van der Waals surface area contributed by atoms with Gasteiger partial charge in [-0.15, -0.1) is 0 Å². The van der Waals surface area contributed by atoms with Gasteiger partial charge in [0.15, 0.2) is 0 Å². The topological polar surface area (TPSA) is 81.7 Å². The van der Waals surface area contributed by atoms with Gasteiger partial charge in [0.25, 0.3) is 0 Å². The molecule has 0 aromatic carbocycles. The summed E-state index contributed by atoms with van der Waals surface area (Å²) in [4.78, 5) is 7.93. The van der Waals surface area contributed by atoms with Crippen LogP contribution in [0.4, 0.5) is 11.6 Å². The lowest BCUT2D eigenvalue weighted by Crippen LogP contribution is -2.04.